The summed E-state index contributed by atoms with van der Waals surface area (Å²) >= 11 is 0. The van der Waals surface area contributed by atoms with Crippen LogP contribution in [0.2, 0.25) is 0 Å². The molecule has 254 valence electrons. The van der Waals surface area contributed by atoms with Gasteiger partial charge in [0.25, 0.3) is 0 Å². The standard InChI is InChI=1S/C34H56N4O7/c1-10-22(4)29(37(7)32(41)28(35)21(2)3)26(44-8)19-27(39)38-18-14-17-25(38)30(45-9)23(5)31(40)36-34(6,33(42)43)20-24-15-12-11-13-16-24/h11-13,15-16,21-23,25-26,28-30H,10,14,17-20,35H2,1-9H3,(H,36,40)(H,42,43)/t22-,23+,25-,26+,28-,29-,30+,34?/m0/s1. The molecule has 11 nitrogen and oxygen atoms in total. The maximum atomic E-state index is 13.9. The fourth-order valence-electron chi connectivity index (χ4n) is 6.39. The first-order valence-corrected chi connectivity index (χ1v) is 16.1. The van der Waals surface area contributed by atoms with E-state index in [4.69, 9.17) is 15.2 Å². The van der Waals surface area contributed by atoms with Crippen LogP contribution in [-0.2, 0) is 35.1 Å². The van der Waals surface area contributed by atoms with Crippen LogP contribution in [0, 0.1) is 17.8 Å². The number of likely N-dealkylation sites (N-methyl/N-ethyl adjacent to an activating group) is 1. The van der Waals surface area contributed by atoms with E-state index >= 15 is 0 Å². The van der Waals surface area contributed by atoms with Crippen molar-refractivity contribution in [3.8, 4) is 0 Å². The highest BCUT2D eigenvalue weighted by molar-refractivity contribution is 5.88. The molecule has 1 saturated heterocycles. The minimum atomic E-state index is -1.53. The van der Waals surface area contributed by atoms with Crippen LogP contribution in [0.15, 0.2) is 30.3 Å². The van der Waals surface area contributed by atoms with Gasteiger partial charge < -0.3 is 35.4 Å². The van der Waals surface area contributed by atoms with E-state index in [0.29, 0.717) is 13.0 Å². The molecule has 1 aliphatic rings. The Bertz CT molecular complexity index is 1130. The number of nitrogens with zero attached hydrogens (tertiary/aromatic N) is 2. The summed E-state index contributed by atoms with van der Waals surface area (Å²) in [5, 5.41) is 12.8. The maximum Gasteiger partial charge on any atom is 0.329 e. The number of ether oxygens (including phenoxy) is 2. The largest absolute Gasteiger partial charge is 0.480 e. The predicted molar refractivity (Wildman–Crippen MR) is 173 cm³/mol. The van der Waals surface area contributed by atoms with Crippen LogP contribution in [0.4, 0.5) is 0 Å². The first-order chi connectivity index (χ1) is 21.1. The van der Waals surface area contributed by atoms with E-state index in [0.717, 1.165) is 18.4 Å². The van der Waals surface area contributed by atoms with Gasteiger partial charge in [0.2, 0.25) is 17.7 Å². The third-order valence-corrected chi connectivity index (χ3v) is 9.53. The van der Waals surface area contributed by atoms with Crippen molar-refractivity contribution in [2.45, 2.75) is 110 Å². The second-order valence-corrected chi connectivity index (χ2v) is 13.1. The normalized spacial score (nSPS) is 20.4. The van der Waals surface area contributed by atoms with E-state index in [2.05, 4.69) is 5.32 Å². The number of hydrogen-bond donors (Lipinski definition) is 3. The van der Waals surface area contributed by atoms with E-state index in [1.807, 2.05) is 58.0 Å². The molecule has 0 radical (unpaired) electrons. The molecule has 1 heterocycles. The van der Waals surface area contributed by atoms with E-state index in [1.165, 1.54) is 14.0 Å². The second-order valence-electron chi connectivity index (χ2n) is 13.1. The number of carbonyl (C=O) groups is 4. The van der Waals surface area contributed by atoms with Gasteiger partial charge in [0.05, 0.1) is 42.7 Å². The van der Waals surface area contributed by atoms with Crippen LogP contribution < -0.4 is 11.1 Å². The summed E-state index contributed by atoms with van der Waals surface area (Å²) < 4.78 is 11.7. The molecule has 3 amide bonds. The molecule has 0 aromatic heterocycles. The number of nitrogens with two attached hydrogens (primary N) is 1. The van der Waals surface area contributed by atoms with Gasteiger partial charge in [0, 0.05) is 34.2 Å². The minimum absolute atomic E-state index is 0.0395. The Hall–Kier alpha value is -3.02. The average molecular weight is 633 g/mol. The summed E-state index contributed by atoms with van der Waals surface area (Å²) in [6, 6.07) is 7.72. The first kappa shape index (κ1) is 38.2. The summed E-state index contributed by atoms with van der Waals surface area (Å²) in [6.07, 6.45) is 1.07. The number of methoxy groups -OCH3 is 2. The summed E-state index contributed by atoms with van der Waals surface area (Å²) in [5.74, 6) is -2.68. The number of carboxylic acid groups (broad SMARTS) is 1. The zero-order valence-electron chi connectivity index (χ0n) is 28.6. The molecule has 0 saturated carbocycles. The number of carboxylic acids is 1. The Morgan fingerprint density at radius 3 is 2.24 bits per heavy atom. The van der Waals surface area contributed by atoms with Crippen LogP contribution in [0.5, 0.6) is 0 Å². The summed E-state index contributed by atoms with van der Waals surface area (Å²) in [7, 11) is 4.78. The Kier molecular flexibility index (Phi) is 14.5. The smallest absolute Gasteiger partial charge is 0.329 e. The number of rotatable bonds is 17. The number of aliphatic carboxylic acids is 1. The topological polar surface area (TPSA) is 152 Å². The highest BCUT2D eigenvalue weighted by atomic mass is 16.5. The molecule has 1 aliphatic heterocycles. The molecule has 1 unspecified atom stereocenters. The monoisotopic (exact) mass is 632 g/mol. The van der Waals surface area contributed by atoms with Crippen LogP contribution >= 0.6 is 0 Å². The number of amides is 3. The third kappa shape index (κ3) is 9.50. The van der Waals surface area contributed by atoms with E-state index in [-0.39, 0.29) is 48.6 Å². The fraction of sp³-hybridized carbons (Fsp3) is 0.706. The SMILES string of the molecule is CC[C@H](C)[C@@H]([C@@H](CC(=O)N1CCC[C@H]1[C@H](OC)[C@@H](C)C(=O)NC(C)(Cc1ccccc1)C(=O)O)OC)N(C)C(=O)[C@@H](N)C(C)C. The number of nitrogens with one attached hydrogen (secondary N) is 1. The van der Waals surface area contributed by atoms with E-state index < -0.39 is 41.6 Å². The lowest BCUT2D eigenvalue weighted by Gasteiger charge is -2.40. The molecular formula is C34H56N4O7. The van der Waals surface area contributed by atoms with Gasteiger partial charge in [-0.25, -0.2) is 4.79 Å². The van der Waals surface area contributed by atoms with Crippen molar-refractivity contribution in [1.82, 2.24) is 15.1 Å². The second kappa shape index (κ2) is 17.1. The van der Waals surface area contributed by atoms with Gasteiger partial charge in [-0.3, -0.25) is 14.4 Å². The zero-order chi connectivity index (χ0) is 34.1. The molecule has 1 aromatic rings. The molecule has 0 aliphatic carbocycles. The number of benzene rings is 1. The first-order valence-electron chi connectivity index (χ1n) is 16.1. The van der Waals surface area contributed by atoms with E-state index in [1.54, 1.807) is 30.9 Å². The molecule has 45 heavy (non-hydrogen) atoms. The molecule has 2 rings (SSSR count). The zero-order valence-corrected chi connectivity index (χ0v) is 28.6. The highest BCUT2D eigenvalue weighted by Crippen LogP contribution is 2.30. The lowest BCUT2D eigenvalue weighted by molar-refractivity contribution is -0.150. The quantitative estimate of drug-likeness (QED) is 0.237. The van der Waals surface area contributed by atoms with Gasteiger partial charge in [-0.2, -0.15) is 0 Å². The van der Waals surface area contributed by atoms with Crippen molar-refractivity contribution in [3.63, 3.8) is 0 Å². The van der Waals surface area contributed by atoms with Crippen LogP contribution in [-0.4, -0.2) is 102 Å². The lowest BCUT2D eigenvalue weighted by Crippen LogP contribution is -2.58. The van der Waals surface area contributed by atoms with Gasteiger partial charge in [-0.05, 0) is 37.2 Å². The summed E-state index contributed by atoms with van der Waals surface area (Å²) in [5.41, 5.74) is 5.46. The van der Waals surface area contributed by atoms with Crippen molar-refractivity contribution < 1.29 is 33.8 Å². The average Bonchev–Trinajstić information content (AvgIpc) is 3.49. The highest BCUT2D eigenvalue weighted by Gasteiger charge is 2.44. The van der Waals surface area contributed by atoms with Gasteiger partial charge >= 0.3 is 5.97 Å². The third-order valence-electron chi connectivity index (χ3n) is 9.53. The minimum Gasteiger partial charge on any atom is -0.480 e. The maximum absolute atomic E-state index is 13.9. The van der Waals surface area contributed by atoms with Crippen molar-refractivity contribution in [1.29, 1.82) is 0 Å². The summed E-state index contributed by atoms with van der Waals surface area (Å²) in [4.78, 5) is 56.3. The van der Waals surface area contributed by atoms with Gasteiger partial charge in [-0.1, -0.05) is 71.4 Å². The Morgan fingerprint density at radius 1 is 1.11 bits per heavy atom. The molecule has 0 bridgehead atoms. The molecule has 4 N–H and O–H groups in total. The predicted octanol–water partition coefficient (Wildman–Crippen LogP) is 3.09. The van der Waals surface area contributed by atoms with Crippen molar-refractivity contribution in [2.75, 3.05) is 27.8 Å². The molecule has 1 aromatic carbocycles. The van der Waals surface area contributed by atoms with Gasteiger partial charge in [-0.15, -0.1) is 0 Å². The molecule has 8 atom stereocenters. The van der Waals surface area contributed by atoms with Gasteiger partial charge in [0.15, 0.2) is 0 Å². The molecule has 0 spiro atoms. The van der Waals surface area contributed by atoms with Crippen molar-refractivity contribution in [3.05, 3.63) is 35.9 Å². The van der Waals surface area contributed by atoms with Crippen molar-refractivity contribution in [2.24, 2.45) is 23.5 Å². The lowest BCUT2D eigenvalue weighted by atomic mass is 9.89. The Morgan fingerprint density at radius 2 is 1.73 bits per heavy atom. The number of hydrogen-bond acceptors (Lipinski definition) is 7. The Labute approximate surface area is 269 Å². The van der Waals surface area contributed by atoms with E-state index in [9.17, 15) is 24.3 Å². The molecule has 1 fully saturated rings. The number of carbonyl (C=O) groups excluding carboxylic acids is 3. The summed E-state index contributed by atoms with van der Waals surface area (Å²) in [6.45, 7) is 11.6. The molecule has 11 heteroatoms. The van der Waals surface area contributed by atoms with Crippen LogP contribution in [0.3, 0.4) is 0 Å². The van der Waals surface area contributed by atoms with Crippen LogP contribution in [0.1, 0.15) is 72.8 Å². The number of likely N-dealkylation sites (tertiary alicyclic amines) is 1. The van der Waals surface area contributed by atoms with Crippen LogP contribution in [0.25, 0.3) is 0 Å². The molecular weight excluding hydrogens is 576 g/mol. The van der Waals surface area contributed by atoms with Gasteiger partial charge in [0.1, 0.15) is 5.54 Å². The van der Waals surface area contributed by atoms with Crippen molar-refractivity contribution >= 4 is 23.7 Å². The fourth-order valence-corrected chi connectivity index (χ4v) is 6.39. The Balaban J connectivity index is 2.24.